The first kappa shape index (κ1) is 20.3. The third kappa shape index (κ3) is 4.13. The number of amides is 1. The van der Waals surface area contributed by atoms with E-state index in [4.69, 9.17) is 4.74 Å². The SMILES string of the molecule is O=C1OC(C(=O)Nc2cc(C(F)(F)F)ccc2N2CCCCC2)Cc2ccccc21. The monoisotopic (exact) mass is 418 g/mol. The first-order chi connectivity index (χ1) is 14.3. The van der Waals surface area contributed by atoms with Crippen LogP contribution >= 0.6 is 0 Å². The highest BCUT2D eigenvalue weighted by atomic mass is 19.4. The Hall–Kier alpha value is -3.03. The van der Waals surface area contributed by atoms with Gasteiger partial charge in [0.1, 0.15) is 0 Å². The molecule has 2 aromatic carbocycles. The lowest BCUT2D eigenvalue weighted by molar-refractivity contribution is -0.137. The minimum absolute atomic E-state index is 0.0756. The van der Waals surface area contributed by atoms with E-state index in [2.05, 4.69) is 5.32 Å². The smallest absolute Gasteiger partial charge is 0.416 e. The van der Waals surface area contributed by atoms with Crippen LogP contribution in [0.4, 0.5) is 24.5 Å². The molecular weight excluding hydrogens is 397 g/mol. The van der Waals surface area contributed by atoms with Gasteiger partial charge in [-0.1, -0.05) is 18.2 Å². The number of hydrogen-bond acceptors (Lipinski definition) is 4. The number of hydrogen-bond donors (Lipinski definition) is 1. The zero-order chi connectivity index (χ0) is 21.3. The van der Waals surface area contributed by atoms with E-state index in [0.29, 0.717) is 29.9 Å². The van der Waals surface area contributed by atoms with Crippen molar-refractivity contribution >= 4 is 23.3 Å². The Bertz CT molecular complexity index is 968. The van der Waals surface area contributed by atoms with Crippen LogP contribution in [-0.2, 0) is 22.1 Å². The number of fused-ring (bicyclic) bond motifs is 1. The van der Waals surface area contributed by atoms with E-state index >= 15 is 0 Å². The average molecular weight is 418 g/mol. The molecule has 2 aliphatic rings. The fourth-order valence-electron chi connectivity index (χ4n) is 3.91. The lowest BCUT2D eigenvalue weighted by Gasteiger charge is -2.31. The fourth-order valence-corrected chi connectivity index (χ4v) is 3.91. The van der Waals surface area contributed by atoms with Crippen molar-refractivity contribution in [2.45, 2.75) is 38.0 Å². The number of carbonyl (C=O) groups excluding carboxylic acids is 2. The van der Waals surface area contributed by atoms with E-state index in [1.54, 1.807) is 24.3 Å². The molecule has 1 amide bonds. The average Bonchev–Trinajstić information content (AvgIpc) is 2.73. The van der Waals surface area contributed by atoms with Crippen LogP contribution in [0.25, 0.3) is 0 Å². The van der Waals surface area contributed by atoms with Gasteiger partial charge in [-0.05, 0) is 49.1 Å². The third-order valence-corrected chi connectivity index (χ3v) is 5.46. The van der Waals surface area contributed by atoms with Gasteiger partial charge in [0, 0.05) is 19.5 Å². The van der Waals surface area contributed by atoms with Crippen molar-refractivity contribution < 1.29 is 27.5 Å². The molecule has 1 atom stereocenters. The molecule has 30 heavy (non-hydrogen) atoms. The molecular formula is C22H21F3N2O3. The van der Waals surface area contributed by atoms with Crippen molar-refractivity contribution in [3.05, 3.63) is 59.2 Å². The summed E-state index contributed by atoms with van der Waals surface area (Å²) in [4.78, 5) is 27.0. The maximum Gasteiger partial charge on any atom is 0.416 e. The van der Waals surface area contributed by atoms with E-state index in [1.165, 1.54) is 6.07 Å². The topological polar surface area (TPSA) is 58.6 Å². The van der Waals surface area contributed by atoms with Crippen molar-refractivity contribution in [1.82, 2.24) is 0 Å². The zero-order valence-corrected chi connectivity index (χ0v) is 16.2. The van der Waals surface area contributed by atoms with Crippen LogP contribution in [0.15, 0.2) is 42.5 Å². The molecule has 0 aliphatic carbocycles. The predicted octanol–water partition coefficient (Wildman–Crippen LogP) is 4.42. The lowest BCUT2D eigenvalue weighted by atomic mass is 9.98. The number of cyclic esters (lactones) is 1. The van der Waals surface area contributed by atoms with Gasteiger partial charge >= 0.3 is 12.1 Å². The first-order valence-corrected chi connectivity index (χ1v) is 9.89. The van der Waals surface area contributed by atoms with Crippen LogP contribution in [0.3, 0.4) is 0 Å². The highest BCUT2D eigenvalue weighted by molar-refractivity contribution is 6.01. The number of carbonyl (C=O) groups is 2. The number of anilines is 2. The van der Waals surface area contributed by atoms with Gasteiger partial charge in [-0.25, -0.2) is 4.79 Å². The summed E-state index contributed by atoms with van der Waals surface area (Å²) in [6.45, 7) is 1.42. The zero-order valence-electron chi connectivity index (χ0n) is 16.2. The number of benzene rings is 2. The van der Waals surface area contributed by atoms with Gasteiger partial charge in [-0.3, -0.25) is 4.79 Å². The number of piperidine rings is 1. The molecule has 1 fully saturated rings. The van der Waals surface area contributed by atoms with E-state index in [-0.39, 0.29) is 12.1 Å². The number of esters is 1. The summed E-state index contributed by atoms with van der Waals surface area (Å²) in [5.74, 6) is -1.26. The Morgan fingerprint density at radius 1 is 1.07 bits per heavy atom. The predicted molar refractivity (Wildman–Crippen MR) is 105 cm³/mol. The highest BCUT2D eigenvalue weighted by Crippen LogP contribution is 2.36. The largest absolute Gasteiger partial charge is 0.448 e. The summed E-state index contributed by atoms with van der Waals surface area (Å²) < 4.78 is 45.0. The van der Waals surface area contributed by atoms with Crippen LogP contribution < -0.4 is 10.2 Å². The van der Waals surface area contributed by atoms with Crippen molar-refractivity contribution in [2.75, 3.05) is 23.3 Å². The van der Waals surface area contributed by atoms with Crippen LogP contribution in [0.1, 0.15) is 40.7 Å². The molecule has 2 aromatic rings. The van der Waals surface area contributed by atoms with Crippen LogP contribution in [0, 0.1) is 0 Å². The lowest BCUT2D eigenvalue weighted by Crippen LogP contribution is -2.38. The van der Waals surface area contributed by atoms with Crippen LogP contribution in [-0.4, -0.2) is 31.1 Å². The number of ether oxygens (including phenoxy) is 1. The molecule has 0 radical (unpaired) electrons. The molecule has 2 heterocycles. The number of halogens is 3. The number of nitrogens with zero attached hydrogens (tertiary/aromatic N) is 1. The molecule has 2 aliphatic heterocycles. The highest BCUT2D eigenvalue weighted by Gasteiger charge is 2.34. The molecule has 4 rings (SSSR count). The molecule has 158 valence electrons. The number of alkyl halides is 3. The van der Waals surface area contributed by atoms with Gasteiger partial charge in [0.25, 0.3) is 5.91 Å². The van der Waals surface area contributed by atoms with Gasteiger partial charge in [-0.2, -0.15) is 13.2 Å². The van der Waals surface area contributed by atoms with Crippen molar-refractivity contribution in [3.63, 3.8) is 0 Å². The van der Waals surface area contributed by atoms with Crippen molar-refractivity contribution in [1.29, 1.82) is 0 Å². The van der Waals surface area contributed by atoms with Crippen LogP contribution in [0.2, 0.25) is 0 Å². The van der Waals surface area contributed by atoms with Crippen molar-refractivity contribution in [3.8, 4) is 0 Å². The molecule has 0 aromatic heterocycles. The maximum atomic E-state index is 13.3. The Labute approximate surface area is 171 Å². The minimum Gasteiger partial charge on any atom is -0.448 e. The Balaban J connectivity index is 1.61. The second-order valence-corrected chi connectivity index (χ2v) is 7.52. The Kier molecular flexibility index (Phi) is 5.40. The summed E-state index contributed by atoms with van der Waals surface area (Å²) >= 11 is 0. The molecule has 0 bridgehead atoms. The molecule has 1 unspecified atom stereocenters. The Morgan fingerprint density at radius 2 is 1.80 bits per heavy atom. The molecule has 8 heteroatoms. The first-order valence-electron chi connectivity index (χ1n) is 9.89. The standard InChI is InChI=1S/C22H21F3N2O3/c23-22(24,25)15-8-9-18(27-10-4-1-5-11-27)17(13-15)26-20(28)19-12-14-6-2-3-7-16(14)21(29)30-19/h2-3,6-9,13,19H,1,4-5,10-12H2,(H,26,28). The summed E-state index contributed by atoms with van der Waals surface area (Å²) in [6.07, 6.45) is -2.52. The number of nitrogens with one attached hydrogen (secondary N) is 1. The van der Waals surface area contributed by atoms with Crippen molar-refractivity contribution in [2.24, 2.45) is 0 Å². The molecule has 1 saturated heterocycles. The number of rotatable bonds is 3. The van der Waals surface area contributed by atoms with E-state index < -0.39 is 29.7 Å². The molecule has 0 spiro atoms. The molecule has 5 nitrogen and oxygen atoms in total. The van der Waals surface area contributed by atoms with E-state index in [1.807, 2.05) is 4.90 Å². The third-order valence-electron chi connectivity index (χ3n) is 5.46. The summed E-state index contributed by atoms with van der Waals surface area (Å²) in [6, 6.07) is 10.2. The van der Waals surface area contributed by atoms with Gasteiger partial charge in [0.05, 0.1) is 22.5 Å². The molecule has 0 saturated carbocycles. The summed E-state index contributed by atoms with van der Waals surface area (Å²) in [7, 11) is 0. The second-order valence-electron chi connectivity index (χ2n) is 7.52. The normalized spacial score (nSPS) is 19.1. The van der Waals surface area contributed by atoms with Crippen LogP contribution in [0.5, 0.6) is 0 Å². The second kappa shape index (κ2) is 8.01. The van der Waals surface area contributed by atoms with E-state index in [9.17, 15) is 22.8 Å². The molecule has 1 N–H and O–H groups in total. The fraction of sp³-hybridized carbons (Fsp3) is 0.364. The van der Waals surface area contributed by atoms with Gasteiger partial charge < -0.3 is 15.0 Å². The quantitative estimate of drug-likeness (QED) is 0.750. The Morgan fingerprint density at radius 3 is 2.53 bits per heavy atom. The van der Waals surface area contributed by atoms with E-state index in [0.717, 1.165) is 31.4 Å². The minimum atomic E-state index is -4.53. The van der Waals surface area contributed by atoms with Gasteiger partial charge in [0.2, 0.25) is 0 Å². The summed E-state index contributed by atoms with van der Waals surface area (Å²) in [5, 5.41) is 2.58. The van der Waals surface area contributed by atoms with Gasteiger partial charge in [0.15, 0.2) is 6.10 Å². The van der Waals surface area contributed by atoms with Gasteiger partial charge in [-0.15, -0.1) is 0 Å². The summed E-state index contributed by atoms with van der Waals surface area (Å²) in [5.41, 5.74) is 0.846. The maximum absolute atomic E-state index is 13.3.